The van der Waals surface area contributed by atoms with Crippen LogP contribution in [0, 0.1) is 17.3 Å². The first-order valence-corrected chi connectivity index (χ1v) is 6.64. The normalized spacial score (nSPS) is 45.2. The molecule has 0 radical (unpaired) electrons. The van der Waals surface area contributed by atoms with Gasteiger partial charge in [-0.2, -0.15) is 0 Å². The van der Waals surface area contributed by atoms with Gasteiger partial charge in [-0.1, -0.05) is 32.9 Å². The third kappa shape index (κ3) is 1.12. The fourth-order valence-electron chi connectivity index (χ4n) is 3.95. The number of hydrogen-bond donors (Lipinski definition) is 0. The molecule has 0 N–H and O–H groups in total. The monoisotopic (exact) mass is 218 g/mol. The van der Waals surface area contributed by atoms with Crippen LogP contribution in [-0.2, 0) is 4.74 Å². The molecule has 0 amide bonds. The van der Waals surface area contributed by atoms with Gasteiger partial charge < -0.3 is 4.74 Å². The zero-order valence-electron chi connectivity index (χ0n) is 10.6. The standard InChI is InChI=1S/C15H22O/c1-11(2)15-8-7-14(10-15)12(3)5-4-6-13(14)9-16-15/h4,6,9,11-12H,5,7-8,10H2,1-3H3/t12-,14-,15+/m1/s1. The molecule has 2 bridgehead atoms. The van der Waals surface area contributed by atoms with Gasteiger partial charge >= 0.3 is 0 Å². The Hall–Kier alpha value is -0.720. The van der Waals surface area contributed by atoms with E-state index in [2.05, 4.69) is 39.2 Å². The fourth-order valence-corrected chi connectivity index (χ4v) is 3.95. The zero-order chi connectivity index (χ0) is 11.4. The molecule has 1 aliphatic heterocycles. The van der Waals surface area contributed by atoms with Crippen LogP contribution >= 0.6 is 0 Å². The molecule has 2 aliphatic carbocycles. The zero-order valence-corrected chi connectivity index (χ0v) is 10.6. The Morgan fingerprint density at radius 1 is 1.38 bits per heavy atom. The van der Waals surface area contributed by atoms with Crippen molar-refractivity contribution < 1.29 is 4.74 Å². The molecule has 3 rings (SSSR count). The Labute approximate surface area is 98.6 Å². The van der Waals surface area contributed by atoms with Crippen molar-refractivity contribution in [2.75, 3.05) is 0 Å². The first-order chi connectivity index (χ1) is 7.59. The summed E-state index contributed by atoms with van der Waals surface area (Å²) in [5.74, 6) is 1.41. The van der Waals surface area contributed by atoms with E-state index in [1.54, 1.807) is 0 Å². The predicted octanol–water partition coefficient (Wildman–Crippen LogP) is 4.06. The van der Waals surface area contributed by atoms with Crippen LogP contribution in [0.4, 0.5) is 0 Å². The van der Waals surface area contributed by atoms with Gasteiger partial charge in [0.25, 0.3) is 0 Å². The highest BCUT2D eigenvalue weighted by Crippen LogP contribution is 2.61. The third-order valence-corrected chi connectivity index (χ3v) is 5.39. The second-order valence-electron chi connectivity index (χ2n) is 6.28. The van der Waals surface area contributed by atoms with Gasteiger partial charge in [0.15, 0.2) is 0 Å². The van der Waals surface area contributed by atoms with Crippen LogP contribution in [0.1, 0.15) is 46.5 Å². The number of allylic oxidation sites excluding steroid dienone is 3. The van der Waals surface area contributed by atoms with Crippen molar-refractivity contribution in [1.82, 2.24) is 0 Å². The van der Waals surface area contributed by atoms with Gasteiger partial charge in [0.1, 0.15) is 5.60 Å². The number of hydrogen-bond acceptors (Lipinski definition) is 1. The summed E-state index contributed by atoms with van der Waals surface area (Å²) < 4.78 is 6.12. The molecule has 0 saturated heterocycles. The Morgan fingerprint density at radius 2 is 2.19 bits per heavy atom. The van der Waals surface area contributed by atoms with Crippen molar-refractivity contribution in [2.45, 2.75) is 52.1 Å². The Morgan fingerprint density at radius 3 is 2.94 bits per heavy atom. The second kappa shape index (κ2) is 3.15. The average molecular weight is 218 g/mol. The van der Waals surface area contributed by atoms with E-state index >= 15 is 0 Å². The molecule has 3 atom stereocenters. The Bertz CT molecular complexity index is 366. The molecule has 0 aromatic heterocycles. The highest BCUT2D eigenvalue weighted by atomic mass is 16.5. The van der Waals surface area contributed by atoms with Gasteiger partial charge in [0.2, 0.25) is 0 Å². The Balaban J connectivity index is 2.05. The molecule has 0 unspecified atom stereocenters. The van der Waals surface area contributed by atoms with Crippen LogP contribution in [0.15, 0.2) is 24.0 Å². The van der Waals surface area contributed by atoms with Crippen LogP contribution in [0.5, 0.6) is 0 Å². The quantitative estimate of drug-likeness (QED) is 0.645. The third-order valence-electron chi connectivity index (χ3n) is 5.39. The van der Waals surface area contributed by atoms with E-state index < -0.39 is 0 Å². The molecule has 16 heavy (non-hydrogen) atoms. The minimum atomic E-state index is 0.142. The molecule has 1 nitrogen and oxygen atoms in total. The maximum Gasteiger partial charge on any atom is 0.111 e. The lowest BCUT2D eigenvalue weighted by Crippen LogP contribution is -2.41. The van der Waals surface area contributed by atoms with Crippen LogP contribution in [0.25, 0.3) is 0 Å². The highest BCUT2D eigenvalue weighted by molar-refractivity contribution is 5.35. The summed E-state index contributed by atoms with van der Waals surface area (Å²) in [6.45, 7) is 7.03. The topological polar surface area (TPSA) is 9.23 Å². The van der Waals surface area contributed by atoms with Crippen molar-refractivity contribution in [3.05, 3.63) is 24.0 Å². The lowest BCUT2D eigenvalue weighted by molar-refractivity contribution is -0.0409. The first kappa shape index (κ1) is 10.4. The molecule has 3 aliphatic rings. The smallest absolute Gasteiger partial charge is 0.111 e. The Kier molecular flexibility index (Phi) is 2.05. The number of fused-ring (bicyclic) bond motifs is 1. The van der Waals surface area contributed by atoms with E-state index in [4.69, 9.17) is 4.74 Å². The minimum Gasteiger partial charge on any atom is -0.494 e. The van der Waals surface area contributed by atoms with Gasteiger partial charge in [-0.05, 0) is 43.1 Å². The maximum atomic E-state index is 6.12. The van der Waals surface area contributed by atoms with E-state index in [1.807, 2.05) is 0 Å². The van der Waals surface area contributed by atoms with Crippen molar-refractivity contribution in [2.24, 2.45) is 17.3 Å². The average Bonchev–Trinajstić information content (AvgIpc) is 2.57. The van der Waals surface area contributed by atoms with Crippen molar-refractivity contribution in [3.63, 3.8) is 0 Å². The molecule has 1 heterocycles. The first-order valence-electron chi connectivity index (χ1n) is 6.64. The SMILES string of the molecule is CC(C)[C@]12CC[C@]3(C1)C(=CO2)C=CC[C@H]3C. The summed E-state index contributed by atoms with van der Waals surface area (Å²) in [7, 11) is 0. The van der Waals surface area contributed by atoms with Crippen LogP contribution in [0.3, 0.4) is 0 Å². The molecular weight excluding hydrogens is 196 g/mol. The summed E-state index contributed by atoms with van der Waals surface area (Å²) in [6, 6.07) is 0. The fraction of sp³-hybridized carbons (Fsp3) is 0.733. The molecular formula is C15H22O. The van der Waals surface area contributed by atoms with E-state index in [1.165, 1.54) is 31.3 Å². The van der Waals surface area contributed by atoms with Crippen molar-refractivity contribution in [1.29, 1.82) is 0 Å². The van der Waals surface area contributed by atoms with Crippen molar-refractivity contribution in [3.8, 4) is 0 Å². The summed E-state index contributed by atoms with van der Waals surface area (Å²) in [5.41, 5.74) is 2.04. The molecule has 1 saturated carbocycles. The molecule has 0 aromatic rings. The van der Waals surface area contributed by atoms with Gasteiger partial charge in [-0.25, -0.2) is 0 Å². The summed E-state index contributed by atoms with van der Waals surface area (Å²) in [4.78, 5) is 0. The van der Waals surface area contributed by atoms with Crippen molar-refractivity contribution >= 4 is 0 Å². The largest absolute Gasteiger partial charge is 0.494 e. The van der Waals surface area contributed by atoms with E-state index in [0.29, 0.717) is 11.3 Å². The lowest BCUT2D eigenvalue weighted by atomic mass is 9.64. The number of rotatable bonds is 1. The maximum absolute atomic E-state index is 6.12. The van der Waals surface area contributed by atoms with Gasteiger partial charge in [-0.3, -0.25) is 0 Å². The minimum absolute atomic E-state index is 0.142. The molecule has 88 valence electrons. The lowest BCUT2D eigenvalue weighted by Gasteiger charge is -2.45. The summed E-state index contributed by atoms with van der Waals surface area (Å²) in [6.07, 6.45) is 11.7. The predicted molar refractivity (Wildman–Crippen MR) is 65.9 cm³/mol. The van der Waals surface area contributed by atoms with E-state index in [9.17, 15) is 0 Å². The summed E-state index contributed by atoms with van der Waals surface area (Å²) in [5, 5.41) is 0. The molecule has 1 spiro atoms. The van der Waals surface area contributed by atoms with Crippen LogP contribution in [-0.4, -0.2) is 5.60 Å². The molecule has 0 aromatic carbocycles. The summed E-state index contributed by atoms with van der Waals surface area (Å²) >= 11 is 0. The van der Waals surface area contributed by atoms with E-state index in [0.717, 1.165) is 5.92 Å². The van der Waals surface area contributed by atoms with E-state index in [-0.39, 0.29) is 5.60 Å². The van der Waals surface area contributed by atoms with Gasteiger partial charge in [0, 0.05) is 5.41 Å². The second-order valence-corrected chi connectivity index (χ2v) is 6.28. The highest BCUT2D eigenvalue weighted by Gasteiger charge is 2.57. The van der Waals surface area contributed by atoms with Gasteiger partial charge in [-0.15, -0.1) is 0 Å². The van der Waals surface area contributed by atoms with Gasteiger partial charge in [0.05, 0.1) is 6.26 Å². The van der Waals surface area contributed by atoms with Crippen LogP contribution in [0.2, 0.25) is 0 Å². The molecule has 1 heteroatoms. The molecule has 1 fully saturated rings. The number of ether oxygens (including phenoxy) is 1. The van der Waals surface area contributed by atoms with Crippen LogP contribution < -0.4 is 0 Å².